The maximum absolute atomic E-state index is 11.9. The fourth-order valence-corrected chi connectivity index (χ4v) is 3.73. The van der Waals surface area contributed by atoms with Crippen LogP contribution in [0.25, 0.3) is 0 Å². The first kappa shape index (κ1) is 13.2. The highest BCUT2D eigenvalue weighted by Gasteiger charge is 2.44. The van der Waals surface area contributed by atoms with E-state index in [9.17, 15) is 4.79 Å². The molecule has 0 aliphatic carbocycles. The first-order valence-electron chi connectivity index (χ1n) is 6.45. The van der Waals surface area contributed by atoms with Crippen LogP contribution in [0.2, 0.25) is 5.02 Å². The maximum Gasteiger partial charge on any atom is 0.226 e. The van der Waals surface area contributed by atoms with Crippen LogP contribution in [-0.4, -0.2) is 30.5 Å². The zero-order valence-corrected chi connectivity index (χ0v) is 12.8. The molecule has 2 aliphatic rings. The second-order valence-electron chi connectivity index (χ2n) is 5.23. The summed E-state index contributed by atoms with van der Waals surface area (Å²) in [4.78, 5) is 18.5. The molecule has 0 unspecified atom stereocenters. The van der Waals surface area contributed by atoms with Crippen molar-refractivity contribution in [1.29, 1.82) is 0 Å². The van der Waals surface area contributed by atoms with Gasteiger partial charge in [0.15, 0.2) is 0 Å². The highest BCUT2D eigenvalue weighted by Crippen LogP contribution is 2.40. The van der Waals surface area contributed by atoms with Crippen LogP contribution in [0.15, 0.2) is 16.7 Å². The van der Waals surface area contributed by atoms with Gasteiger partial charge in [-0.05, 0) is 41.3 Å². The van der Waals surface area contributed by atoms with Gasteiger partial charge in [0.1, 0.15) is 5.82 Å². The van der Waals surface area contributed by atoms with E-state index in [1.165, 1.54) is 0 Å². The van der Waals surface area contributed by atoms with E-state index < -0.39 is 0 Å². The molecule has 1 amide bonds. The van der Waals surface area contributed by atoms with Gasteiger partial charge in [0.05, 0.1) is 10.4 Å². The number of aromatic nitrogens is 1. The van der Waals surface area contributed by atoms with Crippen LogP contribution in [0.3, 0.4) is 0 Å². The van der Waals surface area contributed by atoms with Gasteiger partial charge in [-0.25, -0.2) is 4.98 Å². The quantitative estimate of drug-likeness (QED) is 0.852. The molecule has 102 valence electrons. The van der Waals surface area contributed by atoms with Crippen LogP contribution in [-0.2, 0) is 4.79 Å². The Balaban J connectivity index is 1.75. The van der Waals surface area contributed by atoms with Crippen molar-refractivity contribution >= 4 is 39.3 Å². The Morgan fingerprint density at radius 3 is 2.68 bits per heavy atom. The van der Waals surface area contributed by atoms with Crippen molar-refractivity contribution in [3.8, 4) is 0 Å². The molecule has 4 nitrogen and oxygen atoms in total. The first-order chi connectivity index (χ1) is 9.11. The molecule has 6 heteroatoms. The summed E-state index contributed by atoms with van der Waals surface area (Å²) in [5, 5.41) is 3.60. The van der Waals surface area contributed by atoms with Crippen molar-refractivity contribution in [2.24, 2.45) is 5.41 Å². The van der Waals surface area contributed by atoms with Gasteiger partial charge in [-0.2, -0.15) is 0 Å². The molecular formula is C13H15BrClN3O. The lowest BCUT2D eigenvalue weighted by molar-refractivity contribution is -0.128. The molecule has 3 heterocycles. The zero-order chi connectivity index (χ0) is 13.5. The van der Waals surface area contributed by atoms with E-state index in [4.69, 9.17) is 11.6 Å². The minimum absolute atomic E-state index is 0.141. The minimum Gasteiger partial charge on any atom is -0.356 e. The number of nitrogens with zero attached hydrogens (tertiary/aromatic N) is 2. The van der Waals surface area contributed by atoms with Gasteiger partial charge in [-0.15, -0.1) is 0 Å². The Morgan fingerprint density at radius 2 is 2.11 bits per heavy atom. The Morgan fingerprint density at radius 1 is 1.37 bits per heavy atom. The van der Waals surface area contributed by atoms with Crippen molar-refractivity contribution in [2.45, 2.75) is 19.3 Å². The molecule has 2 fully saturated rings. The van der Waals surface area contributed by atoms with Gasteiger partial charge in [0.25, 0.3) is 0 Å². The van der Waals surface area contributed by atoms with Gasteiger partial charge in [0, 0.05) is 30.3 Å². The van der Waals surface area contributed by atoms with Crippen LogP contribution in [0.5, 0.6) is 0 Å². The van der Waals surface area contributed by atoms with E-state index in [2.05, 4.69) is 31.1 Å². The molecule has 1 aromatic heterocycles. The predicted octanol–water partition coefficient (Wildman–Crippen LogP) is 2.60. The molecule has 0 aromatic carbocycles. The number of pyridine rings is 1. The fourth-order valence-electron chi connectivity index (χ4n) is 2.98. The van der Waals surface area contributed by atoms with E-state index in [1.54, 1.807) is 6.20 Å². The van der Waals surface area contributed by atoms with Crippen molar-refractivity contribution in [2.75, 3.05) is 24.5 Å². The van der Waals surface area contributed by atoms with Gasteiger partial charge in [-0.3, -0.25) is 4.79 Å². The zero-order valence-electron chi connectivity index (χ0n) is 10.5. The number of anilines is 1. The third-order valence-corrected chi connectivity index (χ3v) is 4.89. The summed E-state index contributed by atoms with van der Waals surface area (Å²) >= 11 is 9.59. The van der Waals surface area contributed by atoms with Gasteiger partial charge in [0.2, 0.25) is 5.91 Å². The van der Waals surface area contributed by atoms with Crippen LogP contribution < -0.4 is 10.2 Å². The number of hydrogen-bond donors (Lipinski definition) is 1. The van der Waals surface area contributed by atoms with E-state index in [-0.39, 0.29) is 11.3 Å². The van der Waals surface area contributed by atoms with Crippen LogP contribution in [0, 0.1) is 5.41 Å². The second-order valence-corrected chi connectivity index (χ2v) is 6.56. The van der Waals surface area contributed by atoms with Crippen molar-refractivity contribution in [1.82, 2.24) is 10.3 Å². The molecule has 19 heavy (non-hydrogen) atoms. The summed E-state index contributed by atoms with van der Waals surface area (Å²) in [6.07, 6.45) is 4.48. The Bertz CT molecular complexity index is 515. The summed E-state index contributed by atoms with van der Waals surface area (Å²) in [6.45, 7) is 2.49. The molecule has 0 bridgehead atoms. The molecule has 2 saturated heterocycles. The summed E-state index contributed by atoms with van der Waals surface area (Å²) in [5.41, 5.74) is -0.141. The SMILES string of the molecule is O=C1NCCC12CCN(c1ncc(Br)cc1Cl)CC2. The average molecular weight is 345 g/mol. The molecule has 1 spiro atoms. The number of piperidine rings is 1. The highest BCUT2D eigenvalue weighted by atomic mass is 79.9. The van der Waals surface area contributed by atoms with Gasteiger partial charge in [-0.1, -0.05) is 11.6 Å². The molecule has 0 radical (unpaired) electrons. The van der Waals surface area contributed by atoms with Gasteiger partial charge >= 0.3 is 0 Å². The van der Waals surface area contributed by atoms with Crippen LogP contribution >= 0.6 is 27.5 Å². The molecule has 3 rings (SSSR count). The smallest absolute Gasteiger partial charge is 0.226 e. The number of carbonyl (C=O) groups excluding carboxylic acids is 1. The largest absolute Gasteiger partial charge is 0.356 e. The maximum atomic E-state index is 11.9. The summed E-state index contributed by atoms with van der Waals surface area (Å²) in [7, 11) is 0. The molecule has 1 aromatic rings. The number of rotatable bonds is 1. The average Bonchev–Trinajstić information content (AvgIpc) is 2.73. The standard InChI is InChI=1S/C13H15BrClN3O/c14-9-7-10(15)11(17-8-9)18-5-2-13(3-6-18)1-4-16-12(13)19/h7-8H,1-6H2,(H,16,19). The van der Waals surface area contributed by atoms with E-state index in [1.807, 2.05) is 6.07 Å². The summed E-state index contributed by atoms with van der Waals surface area (Å²) in [6, 6.07) is 1.86. The van der Waals surface area contributed by atoms with Crippen molar-refractivity contribution in [3.05, 3.63) is 21.8 Å². The van der Waals surface area contributed by atoms with E-state index >= 15 is 0 Å². The lowest BCUT2D eigenvalue weighted by Gasteiger charge is -2.38. The third-order valence-electron chi connectivity index (χ3n) is 4.18. The summed E-state index contributed by atoms with van der Waals surface area (Å²) < 4.78 is 0.880. The number of nitrogens with one attached hydrogen (secondary N) is 1. The lowest BCUT2D eigenvalue weighted by Crippen LogP contribution is -2.44. The molecule has 0 atom stereocenters. The Hall–Kier alpha value is -0.810. The normalized spacial score (nSPS) is 21.8. The topological polar surface area (TPSA) is 45.2 Å². The number of hydrogen-bond acceptors (Lipinski definition) is 3. The van der Waals surface area contributed by atoms with Crippen LogP contribution in [0.4, 0.5) is 5.82 Å². The second kappa shape index (κ2) is 4.94. The fraction of sp³-hybridized carbons (Fsp3) is 0.538. The van der Waals surface area contributed by atoms with Crippen LogP contribution in [0.1, 0.15) is 19.3 Å². The van der Waals surface area contributed by atoms with Crippen molar-refractivity contribution < 1.29 is 4.79 Å². The highest BCUT2D eigenvalue weighted by molar-refractivity contribution is 9.10. The van der Waals surface area contributed by atoms with E-state index in [0.29, 0.717) is 5.02 Å². The Labute approximate surface area is 125 Å². The molecule has 2 aliphatic heterocycles. The first-order valence-corrected chi connectivity index (χ1v) is 7.62. The monoisotopic (exact) mass is 343 g/mol. The number of halogens is 2. The number of carbonyl (C=O) groups is 1. The third kappa shape index (κ3) is 2.34. The summed E-state index contributed by atoms with van der Waals surface area (Å²) in [5.74, 6) is 1.04. The minimum atomic E-state index is -0.141. The number of amides is 1. The molecule has 1 N–H and O–H groups in total. The Kier molecular flexibility index (Phi) is 3.43. The van der Waals surface area contributed by atoms with E-state index in [0.717, 1.165) is 49.2 Å². The van der Waals surface area contributed by atoms with Gasteiger partial charge < -0.3 is 10.2 Å². The molecular weight excluding hydrogens is 330 g/mol. The van der Waals surface area contributed by atoms with Crippen molar-refractivity contribution in [3.63, 3.8) is 0 Å². The predicted molar refractivity (Wildman–Crippen MR) is 78.5 cm³/mol. The molecule has 0 saturated carbocycles. The lowest BCUT2D eigenvalue weighted by atomic mass is 9.77.